The predicted octanol–water partition coefficient (Wildman–Crippen LogP) is 1.37. The summed E-state index contributed by atoms with van der Waals surface area (Å²) in [7, 11) is 0. The van der Waals surface area contributed by atoms with Gasteiger partial charge in [0.25, 0.3) is 0 Å². The van der Waals surface area contributed by atoms with Crippen LogP contribution in [-0.2, 0) is 4.79 Å². The highest BCUT2D eigenvalue weighted by atomic mass is 32.2. The predicted molar refractivity (Wildman–Crippen MR) is 66.9 cm³/mol. The Labute approximate surface area is 104 Å². The van der Waals surface area contributed by atoms with Crippen LogP contribution < -0.4 is 0 Å². The molecule has 0 bridgehead atoms. The second-order valence-corrected chi connectivity index (χ2v) is 5.07. The monoisotopic (exact) mass is 256 g/mol. The Balaban J connectivity index is 2.74. The number of carbonyl (C=O) groups excluding carboxylic acids is 1. The Morgan fingerprint density at radius 1 is 1.41 bits per heavy atom. The molecule has 0 heterocycles. The van der Waals surface area contributed by atoms with E-state index in [-0.39, 0.29) is 22.2 Å². The number of phenols is 1. The van der Waals surface area contributed by atoms with Gasteiger partial charge in [-0.3, -0.25) is 4.79 Å². The first-order valence-corrected chi connectivity index (χ1v) is 6.19. The number of rotatable bonds is 4. The van der Waals surface area contributed by atoms with Crippen LogP contribution in [-0.4, -0.2) is 32.3 Å². The van der Waals surface area contributed by atoms with Crippen LogP contribution in [0.2, 0.25) is 0 Å². The van der Waals surface area contributed by atoms with Crippen LogP contribution in [0.1, 0.15) is 24.2 Å². The van der Waals surface area contributed by atoms with Gasteiger partial charge in [-0.05, 0) is 18.6 Å². The van der Waals surface area contributed by atoms with E-state index in [4.69, 9.17) is 0 Å². The molecule has 2 unspecified atom stereocenters. The van der Waals surface area contributed by atoms with Crippen LogP contribution in [0.15, 0.2) is 18.2 Å². The van der Waals surface area contributed by atoms with Crippen molar-refractivity contribution >= 4 is 16.9 Å². The smallest absolute Gasteiger partial charge is 0.185 e. The van der Waals surface area contributed by atoms with E-state index in [0.717, 1.165) is 17.3 Å². The summed E-state index contributed by atoms with van der Waals surface area (Å²) >= 11 is 0.941. The average molecular weight is 256 g/mol. The number of hydrogen-bond acceptors (Lipinski definition) is 5. The van der Waals surface area contributed by atoms with E-state index in [1.54, 1.807) is 12.1 Å². The molecule has 1 aromatic carbocycles. The highest BCUT2D eigenvalue weighted by Gasteiger charge is 2.21. The molecule has 17 heavy (non-hydrogen) atoms. The molecule has 94 valence electrons. The van der Waals surface area contributed by atoms with Crippen LogP contribution in [0, 0.1) is 6.92 Å². The second kappa shape index (κ2) is 6.05. The minimum absolute atomic E-state index is 0.0515. The fourth-order valence-corrected chi connectivity index (χ4v) is 1.99. The molecule has 0 aliphatic heterocycles. The lowest BCUT2D eigenvalue weighted by atomic mass is 10.0. The van der Waals surface area contributed by atoms with Gasteiger partial charge < -0.3 is 15.3 Å². The first-order valence-electron chi connectivity index (χ1n) is 5.21. The van der Waals surface area contributed by atoms with Crippen LogP contribution in [0.25, 0.3) is 0 Å². The summed E-state index contributed by atoms with van der Waals surface area (Å²) < 4.78 is 0. The molecular formula is C12H16O4S. The molecule has 1 rings (SSSR count). The van der Waals surface area contributed by atoms with Gasteiger partial charge in [0, 0.05) is 18.2 Å². The van der Waals surface area contributed by atoms with Crippen molar-refractivity contribution in [1.82, 2.24) is 0 Å². The molecular weight excluding hydrogens is 240 g/mol. The quantitative estimate of drug-likeness (QED) is 0.758. The van der Waals surface area contributed by atoms with Gasteiger partial charge in [-0.2, -0.15) is 0 Å². The van der Waals surface area contributed by atoms with Gasteiger partial charge in [0.15, 0.2) is 5.12 Å². The summed E-state index contributed by atoms with van der Waals surface area (Å²) in [4.78, 5) is 10.7. The Morgan fingerprint density at radius 3 is 2.59 bits per heavy atom. The second-order valence-electron chi connectivity index (χ2n) is 3.88. The summed E-state index contributed by atoms with van der Waals surface area (Å²) in [5, 5.41) is 29.0. The van der Waals surface area contributed by atoms with Gasteiger partial charge in [-0.25, -0.2) is 0 Å². The first-order chi connectivity index (χ1) is 7.91. The zero-order valence-electron chi connectivity index (χ0n) is 9.75. The van der Waals surface area contributed by atoms with E-state index in [1.807, 2.05) is 6.92 Å². The molecule has 0 saturated carbocycles. The number of aliphatic hydroxyl groups excluding tert-OH is 2. The van der Waals surface area contributed by atoms with Crippen LogP contribution in [0.4, 0.5) is 0 Å². The topological polar surface area (TPSA) is 77.8 Å². The summed E-state index contributed by atoms with van der Waals surface area (Å²) in [6.45, 7) is 3.21. The molecule has 0 aliphatic carbocycles. The summed E-state index contributed by atoms with van der Waals surface area (Å²) in [6.07, 6.45) is -2.28. The number of carbonyl (C=O) groups is 1. The number of aromatic hydroxyl groups is 1. The molecule has 0 radical (unpaired) electrons. The normalized spacial score (nSPS) is 14.4. The first kappa shape index (κ1) is 14.0. The molecule has 1 aromatic rings. The van der Waals surface area contributed by atoms with Crippen LogP contribution >= 0.6 is 11.8 Å². The number of hydrogen-bond donors (Lipinski definition) is 3. The van der Waals surface area contributed by atoms with Crippen molar-refractivity contribution in [2.75, 3.05) is 5.75 Å². The molecule has 0 aromatic heterocycles. The average Bonchev–Trinajstić information content (AvgIpc) is 2.25. The van der Waals surface area contributed by atoms with Gasteiger partial charge in [-0.1, -0.05) is 23.9 Å². The van der Waals surface area contributed by atoms with E-state index in [9.17, 15) is 20.1 Å². The van der Waals surface area contributed by atoms with Crippen molar-refractivity contribution in [3.05, 3.63) is 29.3 Å². The van der Waals surface area contributed by atoms with E-state index in [2.05, 4.69) is 0 Å². The largest absolute Gasteiger partial charge is 0.508 e. The van der Waals surface area contributed by atoms with Gasteiger partial charge in [-0.15, -0.1) is 0 Å². The van der Waals surface area contributed by atoms with Gasteiger partial charge in [0.1, 0.15) is 11.9 Å². The minimum atomic E-state index is -1.19. The molecule has 0 fully saturated rings. The molecule has 5 heteroatoms. The van der Waals surface area contributed by atoms with Gasteiger partial charge in [0.05, 0.1) is 6.10 Å². The minimum Gasteiger partial charge on any atom is -0.508 e. The Bertz CT molecular complexity index is 405. The molecule has 0 amide bonds. The van der Waals surface area contributed by atoms with Crippen molar-refractivity contribution < 1.29 is 20.1 Å². The molecule has 2 atom stereocenters. The number of benzene rings is 1. The van der Waals surface area contributed by atoms with E-state index in [0.29, 0.717) is 0 Å². The summed E-state index contributed by atoms with van der Waals surface area (Å²) in [5.41, 5.74) is 1.14. The molecule has 3 N–H and O–H groups in total. The van der Waals surface area contributed by atoms with Crippen molar-refractivity contribution in [3.8, 4) is 5.75 Å². The highest BCUT2D eigenvalue weighted by molar-refractivity contribution is 8.13. The zero-order chi connectivity index (χ0) is 13.0. The van der Waals surface area contributed by atoms with E-state index in [1.165, 1.54) is 13.0 Å². The standard InChI is InChI=1S/C12H16O4S/c1-7-3-4-9(10(14)5-7)12(16)11(15)6-17-8(2)13/h3-5,11-12,14-16H,6H2,1-2H3. The van der Waals surface area contributed by atoms with Gasteiger partial charge >= 0.3 is 0 Å². The molecule has 0 spiro atoms. The lowest BCUT2D eigenvalue weighted by Crippen LogP contribution is -2.21. The molecule has 0 aliphatic rings. The maximum absolute atomic E-state index is 10.7. The van der Waals surface area contributed by atoms with Crippen LogP contribution in [0.3, 0.4) is 0 Å². The zero-order valence-corrected chi connectivity index (χ0v) is 10.6. The third-order valence-electron chi connectivity index (χ3n) is 2.33. The summed E-state index contributed by atoms with van der Waals surface area (Å²) in [6, 6.07) is 4.82. The third kappa shape index (κ3) is 4.03. The highest BCUT2D eigenvalue weighted by Crippen LogP contribution is 2.28. The Kier molecular flexibility index (Phi) is 4.99. The fourth-order valence-electron chi connectivity index (χ4n) is 1.40. The SMILES string of the molecule is CC(=O)SCC(O)C(O)c1ccc(C)cc1O. The van der Waals surface area contributed by atoms with E-state index < -0.39 is 12.2 Å². The molecule has 4 nitrogen and oxygen atoms in total. The lowest BCUT2D eigenvalue weighted by Gasteiger charge is -2.18. The maximum Gasteiger partial charge on any atom is 0.185 e. The number of thioether (sulfide) groups is 1. The van der Waals surface area contributed by atoms with Crippen molar-refractivity contribution in [3.63, 3.8) is 0 Å². The molecule has 0 saturated heterocycles. The maximum atomic E-state index is 10.7. The van der Waals surface area contributed by atoms with Crippen molar-refractivity contribution in [2.45, 2.75) is 26.1 Å². The summed E-state index contributed by atoms with van der Waals surface area (Å²) in [5.74, 6) is 0.0495. The fraction of sp³-hybridized carbons (Fsp3) is 0.417. The number of aliphatic hydroxyl groups is 2. The lowest BCUT2D eigenvalue weighted by molar-refractivity contribution is -0.109. The van der Waals surface area contributed by atoms with Crippen molar-refractivity contribution in [1.29, 1.82) is 0 Å². The number of aryl methyl sites for hydroxylation is 1. The van der Waals surface area contributed by atoms with Gasteiger partial charge in [0.2, 0.25) is 0 Å². The van der Waals surface area contributed by atoms with Crippen molar-refractivity contribution in [2.24, 2.45) is 0 Å². The van der Waals surface area contributed by atoms with Crippen LogP contribution in [0.5, 0.6) is 5.75 Å². The Morgan fingerprint density at radius 2 is 2.06 bits per heavy atom. The number of phenolic OH excluding ortho intramolecular Hbond substituents is 1. The van der Waals surface area contributed by atoms with E-state index >= 15 is 0 Å². The third-order valence-corrected chi connectivity index (χ3v) is 3.24. The Hall–Kier alpha value is -1.04.